The Morgan fingerprint density at radius 1 is 1.26 bits per heavy atom. The molecule has 2 rings (SSSR count). The Kier molecular flexibility index (Phi) is 4.54. The lowest BCUT2D eigenvalue weighted by Crippen LogP contribution is -2.55. The molecule has 3 unspecified atom stereocenters. The minimum absolute atomic E-state index is 0.0633. The van der Waals surface area contributed by atoms with Gasteiger partial charge in [-0.15, -0.1) is 0 Å². The summed E-state index contributed by atoms with van der Waals surface area (Å²) >= 11 is 3.58. The number of hydrogen-bond acceptors (Lipinski definition) is 3. The molecule has 106 valence electrons. The summed E-state index contributed by atoms with van der Waals surface area (Å²) in [5.41, 5.74) is 8.62. The van der Waals surface area contributed by atoms with Crippen LogP contribution in [0, 0.1) is 0 Å². The lowest BCUT2D eigenvalue weighted by atomic mass is 10.0. The van der Waals surface area contributed by atoms with Gasteiger partial charge in [-0.3, -0.25) is 4.90 Å². The number of anilines is 1. The summed E-state index contributed by atoms with van der Waals surface area (Å²) in [5.74, 6) is 0. The van der Waals surface area contributed by atoms with Crippen molar-refractivity contribution < 1.29 is 0 Å². The fourth-order valence-electron chi connectivity index (χ4n) is 2.78. The highest BCUT2D eigenvalue weighted by Crippen LogP contribution is 2.31. The van der Waals surface area contributed by atoms with Gasteiger partial charge in [0.05, 0.1) is 0 Å². The monoisotopic (exact) mass is 325 g/mol. The Morgan fingerprint density at radius 3 is 2.37 bits per heavy atom. The average molecular weight is 326 g/mol. The SMILES string of the molecule is CC(N)c1ccc(Br)cc1N1CC(C)N(C)C(C)C1. The molecule has 1 heterocycles. The highest BCUT2D eigenvalue weighted by Gasteiger charge is 2.28. The molecule has 4 heteroatoms. The van der Waals surface area contributed by atoms with E-state index in [4.69, 9.17) is 5.73 Å². The van der Waals surface area contributed by atoms with Crippen LogP contribution < -0.4 is 10.6 Å². The molecular formula is C15H24BrN3. The highest BCUT2D eigenvalue weighted by atomic mass is 79.9. The Labute approximate surface area is 124 Å². The van der Waals surface area contributed by atoms with Crippen molar-refractivity contribution in [3.8, 4) is 0 Å². The molecule has 1 aliphatic rings. The maximum absolute atomic E-state index is 6.12. The van der Waals surface area contributed by atoms with E-state index in [1.807, 2.05) is 0 Å². The second-order valence-electron chi connectivity index (χ2n) is 5.76. The Morgan fingerprint density at radius 2 is 1.84 bits per heavy atom. The summed E-state index contributed by atoms with van der Waals surface area (Å²) in [6.07, 6.45) is 0. The Hall–Kier alpha value is -0.580. The molecule has 1 aromatic rings. The van der Waals surface area contributed by atoms with E-state index in [1.54, 1.807) is 0 Å². The first-order chi connectivity index (χ1) is 8.90. The molecule has 1 aliphatic heterocycles. The van der Waals surface area contributed by atoms with E-state index in [1.165, 1.54) is 11.3 Å². The quantitative estimate of drug-likeness (QED) is 0.907. The minimum atomic E-state index is 0.0633. The van der Waals surface area contributed by atoms with E-state index < -0.39 is 0 Å². The van der Waals surface area contributed by atoms with E-state index in [0.29, 0.717) is 12.1 Å². The molecular weight excluding hydrogens is 302 g/mol. The third-order valence-electron chi connectivity index (χ3n) is 4.18. The predicted octanol–water partition coefficient (Wildman–Crippen LogP) is 3.00. The van der Waals surface area contributed by atoms with E-state index in [0.717, 1.165) is 17.6 Å². The molecule has 0 saturated carbocycles. The molecule has 0 aromatic heterocycles. The fourth-order valence-corrected chi connectivity index (χ4v) is 3.13. The van der Waals surface area contributed by atoms with Crippen LogP contribution in [-0.4, -0.2) is 37.1 Å². The van der Waals surface area contributed by atoms with Crippen LogP contribution in [0.25, 0.3) is 0 Å². The molecule has 0 amide bonds. The number of hydrogen-bond donors (Lipinski definition) is 1. The first kappa shape index (κ1) is 14.8. The number of rotatable bonds is 2. The van der Waals surface area contributed by atoms with Crippen LogP contribution >= 0.6 is 15.9 Å². The van der Waals surface area contributed by atoms with Crippen LogP contribution in [-0.2, 0) is 0 Å². The Balaban J connectivity index is 2.33. The summed E-state index contributed by atoms with van der Waals surface area (Å²) in [5, 5.41) is 0. The molecule has 0 radical (unpaired) electrons. The smallest absolute Gasteiger partial charge is 0.0426 e. The van der Waals surface area contributed by atoms with Gasteiger partial charge in [0, 0.05) is 41.4 Å². The minimum Gasteiger partial charge on any atom is -0.368 e. The van der Waals surface area contributed by atoms with Gasteiger partial charge in [-0.1, -0.05) is 22.0 Å². The van der Waals surface area contributed by atoms with Gasteiger partial charge in [0.2, 0.25) is 0 Å². The average Bonchev–Trinajstić information content (AvgIpc) is 2.34. The number of benzene rings is 1. The molecule has 0 bridgehead atoms. The summed E-state index contributed by atoms with van der Waals surface area (Å²) in [4.78, 5) is 4.92. The van der Waals surface area contributed by atoms with Gasteiger partial charge in [0.25, 0.3) is 0 Å². The van der Waals surface area contributed by atoms with Crippen molar-refractivity contribution in [3.05, 3.63) is 28.2 Å². The third kappa shape index (κ3) is 3.12. The van der Waals surface area contributed by atoms with Crippen molar-refractivity contribution in [3.63, 3.8) is 0 Å². The van der Waals surface area contributed by atoms with Crippen LogP contribution in [0.1, 0.15) is 32.4 Å². The topological polar surface area (TPSA) is 32.5 Å². The van der Waals surface area contributed by atoms with Crippen LogP contribution in [0.5, 0.6) is 0 Å². The van der Waals surface area contributed by atoms with Crippen molar-refractivity contribution in [1.82, 2.24) is 4.90 Å². The highest BCUT2D eigenvalue weighted by molar-refractivity contribution is 9.10. The van der Waals surface area contributed by atoms with Gasteiger partial charge in [0.15, 0.2) is 0 Å². The van der Waals surface area contributed by atoms with Gasteiger partial charge in [-0.05, 0) is 45.5 Å². The largest absolute Gasteiger partial charge is 0.368 e. The maximum Gasteiger partial charge on any atom is 0.0426 e. The molecule has 1 fully saturated rings. The zero-order chi connectivity index (χ0) is 14.2. The van der Waals surface area contributed by atoms with Gasteiger partial charge in [-0.2, -0.15) is 0 Å². The summed E-state index contributed by atoms with van der Waals surface area (Å²) in [6, 6.07) is 7.59. The number of piperazine rings is 1. The lowest BCUT2D eigenvalue weighted by Gasteiger charge is -2.44. The van der Waals surface area contributed by atoms with Crippen molar-refractivity contribution >= 4 is 21.6 Å². The lowest BCUT2D eigenvalue weighted by molar-refractivity contribution is 0.170. The van der Waals surface area contributed by atoms with Gasteiger partial charge < -0.3 is 10.6 Å². The van der Waals surface area contributed by atoms with Crippen LogP contribution in [0.3, 0.4) is 0 Å². The molecule has 0 aliphatic carbocycles. The molecule has 19 heavy (non-hydrogen) atoms. The maximum atomic E-state index is 6.12. The molecule has 2 N–H and O–H groups in total. The second kappa shape index (κ2) is 5.81. The summed E-state index contributed by atoms with van der Waals surface area (Å²) in [6.45, 7) is 8.72. The first-order valence-electron chi connectivity index (χ1n) is 6.92. The van der Waals surface area contributed by atoms with Crippen LogP contribution in [0.4, 0.5) is 5.69 Å². The van der Waals surface area contributed by atoms with E-state index in [9.17, 15) is 0 Å². The second-order valence-corrected chi connectivity index (χ2v) is 6.68. The zero-order valence-corrected chi connectivity index (χ0v) is 13.8. The molecule has 0 spiro atoms. The van der Waals surface area contributed by atoms with Crippen molar-refractivity contribution in [2.45, 2.75) is 38.9 Å². The number of likely N-dealkylation sites (N-methyl/N-ethyl adjacent to an activating group) is 1. The normalized spacial score (nSPS) is 26.5. The van der Waals surface area contributed by atoms with E-state index in [2.05, 4.69) is 71.7 Å². The van der Waals surface area contributed by atoms with Crippen molar-refractivity contribution in [2.75, 3.05) is 25.0 Å². The first-order valence-corrected chi connectivity index (χ1v) is 7.71. The number of halogens is 1. The van der Waals surface area contributed by atoms with E-state index in [-0.39, 0.29) is 6.04 Å². The summed E-state index contributed by atoms with van der Waals surface area (Å²) in [7, 11) is 2.21. The molecule has 1 aromatic carbocycles. The zero-order valence-electron chi connectivity index (χ0n) is 12.2. The molecule has 1 saturated heterocycles. The van der Waals surface area contributed by atoms with Gasteiger partial charge in [-0.25, -0.2) is 0 Å². The standard InChI is InChI=1S/C15H24BrN3/c1-10-8-19(9-11(2)18(10)4)15-7-13(16)5-6-14(15)12(3)17/h5-7,10-12H,8-9,17H2,1-4H3. The third-order valence-corrected chi connectivity index (χ3v) is 4.68. The van der Waals surface area contributed by atoms with Crippen molar-refractivity contribution in [2.24, 2.45) is 5.73 Å². The van der Waals surface area contributed by atoms with Crippen LogP contribution in [0.2, 0.25) is 0 Å². The van der Waals surface area contributed by atoms with E-state index >= 15 is 0 Å². The fraction of sp³-hybridized carbons (Fsp3) is 0.600. The molecule has 3 nitrogen and oxygen atoms in total. The van der Waals surface area contributed by atoms with Gasteiger partial charge in [0.1, 0.15) is 0 Å². The van der Waals surface area contributed by atoms with Crippen molar-refractivity contribution in [1.29, 1.82) is 0 Å². The van der Waals surface area contributed by atoms with Gasteiger partial charge >= 0.3 is 0 Å². The van der Waals surface area contributed by atoms with Crippen LogP contribution in [0.15, 0.2) is 22.7 Å². The predicted molar refractivity (Wildman–Crippen MR) is 85.6 cm³/mol. The number of nitrogens with two attached hydrogens (primary N) is 1. The summed E-state index contributed by atoms with van der Waals surface area (Å²) < 4.78 is 1.12. The molecule has 3 atom stereocenters. The number of nitrogens with zero attached hydrogens (tertiary/aromatic N) is 2. The Bertz CT molecular complexity index is 435.